The number of halogens is 1. The van der Waals surface area contributed by atoms with Crippen molar-refractivity contribution in [2.45, 2.75) is 19.5 Å². The molecule has 4 nitrogen and oxygen atoms in total. The van der Waals surface area contributed by atoms with E-state index >= 15 is 0 Å². The molecular weight excluding hydrogens is 312 g/mol. The summed E-state index contributed by atoms with van der Waals surface area (Å²) < 4.78 is 0. The van der Waals surface area contributed by atoms with Gasteiger partial charge in [0.25, 0.3) is 5.91 Å². The molecule has 2 amide bonds. The van der Waals surface area contributed by atoms with E-state index in [0.717, 1.165) is 11.1 Å². The zero-order valence-electron chi connectivity index (χ0n) is 12.7. The maximum atomic E-state index is 12.6. The lowest BCUT2D eigenvalue weighted by Crippen LogP contribution is -2.38. The molecule has 117 valence electrons. The Hall–Kier alpha value is -2.33. The molecule has 1 aliphatic rings. The number of carbonyl (C=O) groups excluding carboxylic acids is 2. The second-order valence-electron chi connectivity index (χ2n) is 5.35. The number of fused-ring (bicyclic) bond motifs is 1. The number of benzene rings is 2. The van der Waals surface area contributed by atoms with Gasteiger partial charge in [0.05, 0.1) is 0 Å². The maximum absolute atomic E-state index is 12.6. The molecule has 0 spiro atoms. The molecule has 0 bridgehead atoms. The van der Waals surface area contributed by atoms with Crippen molar-refractivity contribution in [2.75, 3.05) is 6.54 Å². The van der Waals surface area contributed by atoms with Gasteiger partial charge < -0.3 is 10.2 Å². The Morgan fingerprint density at radius 1 is 1.30 bits per heavy atom. The van der Waals surface area contributed by atoms with E-state index < -0.39 is 6.04 Å². The zero-order chi connectivity index (χ0) is 16.4. The average molecular weight is 328 g/mol. The molecule has 1 radical (unpaired) electrons. The van der Waals surface area contributed by atoms with Crippen LogP contribution in [0, 0.1) is 6.07 Å². The van der Waals surface area contributed by atoms with Crippen LogP contribution in [0.3, 0.4) is 0 Å². The van der Waals surface area contributed by atoms with Gasteiger partial charge in [0.15, 0.2) is 0 Å². The minimum Gasteiger partial charge on any atom is -0.350 e. The fourth-order valence-electron chi connectivity index (χ4n) is 2.80. The summed E-state index contributed by atoms with van der Waals surface area (Å²) in [5.74, 6) is -0.300. The number of hydrogen-bond acceptors (Lipinski definition) is 2. The first kappa shape index (κ1) is 15.6. The van der Waals surface area contributed by atoms with Gasteiger partial charge in [-0.15, -0.1) is 0 Å². The van der Waals surface area contributed by atoms with Crippen LogP contribution in [0.5, 0.6) is 0 Å². The molecule has 0 fully saturated rings. The monoisotopic (exact) mass is 327 g/mol. The van der Waals surface area contributed by atoms with Crippen LogP contribution in [-0.2, 0) is 11.3 Å². The second-order valence-corrected chi connectivity index (χ2v) is 5.79. The standard InChI is InChI=1S/C18H16ClN2O2/c1-2-21-16(14-5-3-4-6-15(14)18(21)23)17(22)20-11-12-7-9-13(19)10-8-12/h3,5-10,16H,2,11H2,1H3,(H,20,22). The number of nitrogens with one attached hydrogen (secondary N) is 1. The van der Waals surface area contributed by atoms with E-state index in [9.17, 15) is 9.59 Å². The first-order valence-electron chi connectivity index (χ1n) is 7.45. The lowest BCUT2D eigenvalue weighted by atomic mass is 10.0. The van der Waals surface area contributed by atoms with Crippen LogP contribution < -0.4 is 5.32 Å². The summed E-state index contributed by atoms with van der Waals surface area (Å²) in [5, 5.41) is 3.56. The molecule has 3 rings (SSSR count). The van der Waals surface area contributed by atoms with Crippen LogP contribution in [0.25, 0.3) is 0 Å². The lowest BCUT2D eigenvalue weighted by Gasteiger charge is -2.23. The molecule has 0 saturated carbocycles. The topological polar surface area (TPSA) is 49.4 Å². The van der Waals surface area contributed by atoms with Crippen LogP contribution >= 0.6 is 11.6 Å². The van der Waals surface area contributed by atoms with E-state index in [1.165, 1.54) is 0 Å². The average Bonchev–Trinajstić information content (AvgIpc) is 2.86. The maximum Gasteiger partial charge on any atom is 0.255 e. The molecule has 0 aliphatic carbocycles. The first-order chi connectivity index (χ1) is 11.1. The summed E-state index contributed by atoms with van der Waals surface area (Å²) in [7, 11) is 0. The minimum atomic E-state index is -0.579. The van der Waals surface area contributed by atoms with Crippen LogP contribution in [0.1, 0.15) is 34.5 Å². The zero-order valence-corrected chi connectivity index (χ0v) is 13.4. The van der Waals surface area contributed by atoms with Gasteiger partial charge in [-0.25, -0.2) is 0 Å². The van der Waals surface area contributed by atoms with Crippen molar-refractivity contribution in [3.63, 3.8) is 0 Å². The van der Waals surface area contributed by atoms with E-state index in [4.69, 9.17) is 11.6 Å². The third-order valence-electron chi connectivity index (χ3n) is 3.96. The highest BCUT2D eigenvalue weighted by atomic mass is 35.5. The van der Waals surface area contributed by atoms with Crippen LogP contribution in [-0.4, -0.2) is 23.3 Å². The second kappa shape index (κ2) is 6.42. The van der Waals surface area contributed by atoms with Crippen molar-refractivity contribution in [2.24, 2.45) is 0 Å². The highest BCUT2D eigenvalue weighted by molar-refractivity contribution is 6.30. The lowest BCUT2D eigenvalue weighted by molar-refractivity contribution is -0.125. The largest absolute Gasteiger partial charge is 0.350 e. The van der Waals surface area contributed by atoms with Crippen molar-refractivity contribution < 1.29 is 9.59 Å². The molecule has 0 aromatic heterocycles. The van der Waals surface area contributed by atoms with E-state index in [1.54, 1.807) is 35.2 Å². The normalized spacial score (nSPS) is 16.3. The molecule has 2 aromatic rings. The fraction of sp³-hybridized carbons (Fsp3) is 0.222. The summed E-state index contributed by atoms with van der Waals surface area (Å²) in [4.78, 5) is 26.6. The Morgan fingerprint density at radius 2 is 2.04 bits per heavy atom. The van der Waals surface area contributed by atoms with Crippen molar-refractivity contribution in [3.05, 3.63) is 70.2 Å². The minimum absolute atomic E-state index is 0.119. The Labute approximate surface area is 140 Å². The number of likely N-dealkylation sites (N-methyl/N-ethyl adjacent to an activating group) is 1. The highest BCUT2D eigenvalue weighted by Crippen LogP contribution is 2.33. The molecule has 0 saturated heterocycles. The summed E-state index contributed by atoms with van der Waals surface area (Å²) in [5.41, 5.74) is 2.25. The SMILES string of the molecule is CCN1C(=O)c2c[c]ccc2C1C(=O)NCc1ccc(Cl)cc1. The van der Waals surface area contributed by atoms with Crippen LogP contribution in [0.4, 0.5) is 0 Å². The smallest absolute Gasteiger partial charge is 0.255 e. The molecule has 1 heterocycles. The molecule has 2 aromatic carbocycles. The summed E-state index contributed by atoms with van der Waals surface area (Å²) >= 11 is 5.85. The summed E-state index contributed by atoms with van der Waals surface area (Å²) in [6, 6.07) is 14.8. The van der Waals surface area contributed by atoms with Crippen LogP contribution in [0.2, 0.25) is 5.02 Å². The summed E-state index contributed by atoms with van der Waals surface area (Å²) in [6.45, 7) is 2.74. The fourth-order valence-corrected chi connectivity index (χ4v) is 2.93. The van der Waals surface area contributed by atoms with E-state index in [2.05, 4.69) is 11.4 Å². The van der Waals surface area contributed by atoms with Gasteiger partial charge in [-0.2, -0.15) is 0 Å². The highest BCUT2D eigenvalue weighted by Gasteiger charge is 2.39. The van der Waals surface area contributed by atoms with Gasteiger partial charge in [-0.3, -0.25) is 9.59 Å². The molecule has 1 atom stereocenters. The van der Waals surface area contributed by atoms with Crippen molar-refractivity contribution >= 4 is 23.4 Å². The van der Waals surface area contributed by atoms with Gasteiger partial charge >= 0.3 is 0 Å². The number of rotatable bonds is 4. The van der Waals surface area contributed by atoms with Crippen molar-refractivity contribution in [3.8, 4) is 0 Å². The first-order valence-corrected chi connectivity index (χ1v) is 7.82. The predicted octanol–water partition coefficient (Wildman–Crippen LogP) is 2.97. The Kier molecular flexibility index (Phi) is 4.35. The van der Waals surface area contributed by atoms with Gasteiger partial charge in [0.2, 0.25) is 5.91 Å². The molecule has 1 N–H and O–H groups in total. The molecule has 1 aliphatic heterocycles. The predicted molar refractivity (Wildman–Crippen MR) is 88.0 cm³/mol. The Bertz CT molecular complexity index is 743. The number of nitrogens with zero attached hydrogens (tertiary/aromatic N) is 1. The third-order valence-corrected chi connectivity index (χ3v) is 4.22. The summed E-state index contributed by atoms with van der Waals surface area (Å²) in [6.07, 6.45) is 0. The van der Waals surface area contributed by atoms with Gasteiger partial charge in [-0.05, 0) is 42.3 Å². The Balaban J connectivity index is 1.78. The van der Waals surface area contributed by atoms with Gasteiger partial charge in [0, 0.05) is 23.7 Å². The van der Waals surface area contributed by atoms with Crippen LogP contribution in [0.15, 0.2) is 42.5 Å². The van der Waals surface area contributed by atoms with E-state index in [-0.39, 0.29) is 11.8 Å². The van der Waals surface area contributed by atoms with Gasteiger partial charge in [0.1, 0.15) is 6.04 Å². The molecular formula is C18H16ClN2O2. The quantitative estimate of drug-likeness (QED) is 0.938. The van der Waals surface area contributed by atoms with Crippen molar-refractivity contribution in [1.29, 1.82) is 0 Å². The number of amides is 2. The van der Waals surface area contributed by atoms with E-state index in [0.29, 0.717) is 23.7 Å². The number of carbonyl (C=O) groups is 2. The van der Waals surface area contributed by atoms with E-state index in [1.807, 2.05) is 19.1 Å². The molecule has 1 unspecified atom stereocenters. The molecule has 5 heteroatoms. The van der Waals surface area contributed by atoms with Gasteiger partial charge in [-0.1, -0.05) is 35.9 Å². The third kappa shape index (κ3) is 2.94. The van der Waals surface area contributed by atoms with Crippen molar-refractivity contribution in [1.82, 2.24) is 10.2 Å². The Morgan fingerprint density at radius 3 is 2.74 bits per heavy atom. The number of hydrogen-bond donors (Lipinski definition) is 1. The molecule has 23 heavy (non-hydrogen) atoms.